The summed E-state index contributed by atoms with van der Waals surface area (Å²) < 4.78 is 51.9. The minimum atomic E-state index is -0.970. The summed E-state index contributed by atoms with van der Waals surface area (Å²) in [6.45, 7) is 3.94. The number of fused-ring (bicyclic) bond motifs is 3. The Kier molecular flexibility index (Phi) is 6.94. The maximum absolute atomic E-state index is 16.6. The molecule has 0 spiro atoms. The maximum atomic E-state index is 16.6. The van der Waals surface area contributed by atoms with Crippen molar-refractivity contribution in [1.29, 1.82) is 0 Å². The summed E-state index contributed by atoms with van der Waals surface area (Å²) in [5.41, 5.74) is -1.43. The predicted molar refractivity (Wildman–Crippen MR) is 160 cm³/mol. The molecule has 7 rings (SSSR count). The molecule has 0 unspecified atom stereocenters. The Morgan fingerprint density at radius 2 is 1.95 bits per heavy atom. The molecule has 2 N–H and O–H groups in total. The minimum Gasteiger partial charge on any atom is -0.508 e. The summed E-state index contributed by atoms with van der Waals surface area (Å²) in [5.74, 6) is -1.08. The van der Waals surface area contributed by atoms with Gasteiger partial charge in [0.05, 0.1) is 21.0 Å². The first kappa shape index (κ1) is 28.5. The number of halogens is 4. The number of pyridine rings is 1. The van der Waals surface area contributed by atoms with E-state index in [-0.39, 0.29) is 46.2 Å². The van der Waals surface area contributed by atoms with Crippen molar-refractivity contribution in [3.63, 3.8) is 0 Å². The molecular weight excluding hydrogens is 627 g/mol. The second-order valence-electron chi connectivity index (χ2n) is 12.4. The van der Waals surface area contributed by atoms with Gasteiger partial charge < -0.3 is 19.8 Å². The molecule has 0 aliphatic carbocycles. The van der Waals surface area contributed by atoms with Gasteiger partial charge in [-0.05, 0) is 78.7 Å². The Balaban J connectivity index is 1.37. The van der Waals surface area contributed by atoms with Crippen LogP contribution in [0.4, 0.5) is 19.0 Å². The Bertz CT molecular complexity index is 1760. The Morgan fingerprint density at radius 1 is 1.14 bits per heavy atom. The number of ether oxygens (including phenoxy) is 1. The zero-order chi connectivity index (χ0) is 30.1. The van der Waals surface area contributed by atoms with Crippen molar-refractivity contribution in [2.45, 2.75) is 56.3 Å². The van der Waals surface area contributed by atoms with Gasteiger partial charge in [-0.1, -0.05) is 6.07 Å². The van der Waals surface area contributed by atoms with E-state index in [1.165, 1.54) is 30.5 Å². The fourth-order valence-corrected chi connectivity index (χ4v) is 7.71. The monoisotopic (exact) mass is 657 g/mol. The van der Waals surface area contributed by atoms with Gasteiger partial charge in [0.25, 0.3) is 0 Å². The zero-order valence-electron chi connectivity index (χ0n) is 23.6. The number of phenolic OH excluding ortho intramolecular Hbond substituents is 1. The third-order valence-corrected chi connectivity index (χ3v) is 9.87. The van der Waals surface area contributed by atoms with Gasteiger partial charge in [-0.3, -0.25) is 9.88 Å². The number of aromatic hydroxyl groups is 1. The van der Waals surface area contributed by atoms with Gasteiger partial charge in [-0.2, -0.15) is 9.97 Å². The van der Waals surface area contributed by atoms with Crippen molar-refractivity contribution in [3.05, 3.63) is 46.6 Å². The normalized spacial score (nSPS) is 26.0. The number of anilines is 1. The van der Waals surface area contributed by atoms with Crippen LogP contribution in [0.2, 0.25) is 0 Å². The molecule has 43 heavy (non-hydrogen) atoms. The molecule has 226 valence electrons. The number of hydrogen-bond acceptors (Lipinski definition) is 8. The highest BCUT2D eigenvalue weighted by atomic mass is 79.9. The van der Waals surface area contributed by atoms with E-state index in [1.54, 1.807) is 6.92 Å². The lowest BCUT2D eigenvalue weighted by Gasteiger charge is -2.38. The second kappa shape index (κ2) is 10.4. The number of aliphatic hydroxyl groups is 1. The van der Waals surface area contributed by atoms with Gasteiger partial charge in [0.15, 0.2) is 5.82 Å². The number of aromatic nitrogens is 3. The molecular formula is C31H31BrF3N5O3. The third-order valence-electron chi connectivity index (χ3n) is 9.10. The average molecular weight is 659 g/mol. The first-order chi connectivity index (χ1) is 20.5. The summed E-state index contributed by atoms with van der Waals surface area (Å²) in [5, 5.41) is 22.5. The molecule has 3 aliphatic heterocycles. The number of benzene rings is 2. The van der Waals surface area contributed by atoms with E-state index >= 15 is 4.39 Å². The molecule has 3 atom stereocenters. The molecule has 3 saturated heterocycles. The van der Waals surface area contributed by atoms with Crippen LogP contribution in [-0.2, 0) is 0 Å². The summed E-state index contributed by atoms with van der Waals surface area (Å²) in [7, 11) is 0. The van der Waals surface area contributed by atoms with E-state index in [2.05, 4.69) is 35.8 Å². The molecule has 2 aromatic carbocycles. The molecule has 0 bridgehead atoms. The van der Waals surface area contributed by atoms with Crippen LogP contribution in [0.5, 0.6) is 11.8 Å². The summed E-state index contributed by atoms with van der Waals surface area (Å²) >= 11 is 3.28. The lowest BCUT2D eigenvalue weighted by atomic mass is 9.95. The van der Waals surface area contributed by atoms with E-state index in [0.717, 1.165) is 19.4 Å². The molecule has 5 heterocycles. The molecule has 0 amide bonds. The van der Waals surface area contributed by atoms with E-state index in [4.69, 9.17) is 4.74 Å². The van der Waals surface area contributed by atoms with E-state index in [0.29, 0.717) is 54.3 Å². The number of phenols is 1. The van der Waals surface area contributed by atoms with Crippen molar-refractivity contribution < 1.29 is 28.1 Å². The van der Waals surface area contributed by atoms with Crippen molar-refractivity contribution in [1.82, 2.24) is 19.9 Å². The Morgan fingerprint density at radius 3 is 2.77 bits per heavy atom. The molecule has 12 heteroatoms. The largest absolute Gasteiger partial charge is 0.508 e. The van der Waals surface area contributed by atoms with Crippen molar-refractivity contribution in [2.24, 2.45) is 0 Å². The minimum absolute atomic E-state index is 0.0553. The highest BCUT2D eigenvalue weighted by Crippen LogP contribution is 2.42. The zero-order valence-corrected chi connectivity index (χ0v) is 25.2. The van der Waals surface area contributed by atoms with Crippen LogP contribution in [0.3, 0.4) is 0 Å². The first-order valence-electron chi connectivity index (χ1n) is 14.5. The number of β-amino-alcohol motifs (C(OH)–C–C–N with tert-alkyl or cyclic N) is 1. The molecule has 2 aromatic heterocycles. The fourth-order valence-electron chi connectivity index (χ4n) is 7.13. The van der Waals surface area contributed by atoms with Gasteiger partial charge >= 0.3 is 6.01 Å². The number of rotatable bonds is 5. The fraction of sp³-hybridized carbons (Fsp3) is 0.452. The van der Waals surface area contributed by atoms with Gasteiger partial charge in [0.1, 0.15) is 41.4 Å². The summed E-state index contributed by atoms with van der Waals surface area (Å²) in [6.07, 6.45) is 3.95. The second-order valence-corrected chi connectivity index (χ2v) is 13.1. The van der Waals surface area contributed by atoms with E-state index in [1.807, 2.05) is 4.90 Å². The summed E-state index contributed by atoms with van der Waals surface area (Å²) in [6, 6.07) is 5.51. The third kappa shape index (κ3) is 4.97. The molecule has 3 fully saturated rings. The molecule has 3 aliphatic rings. The number of alkyl halides is 1. The van der Waals surface area contributed by atoms with Crippen molar-refractivity contribution in [3.8, 4) is 23.0 Å². The van der Waals surface area contributed by atoms with Gasteiger partial charge in [-0.25, -0.2) is 13.2 Å². The molecule has 0 radical (unpaired) electrons. The van der Waals surface area contributed by atoms with E-state index in [9.17, 15) is 19.0 Å². The average Bonchev–Trinajstić information content (AvgIpc) is 3.48. The topological polar surface area (TPSA) is 94.8 Å². The van der Waals surface area contributed by atoms with Crippen LogP contribution in [-0.4, -0.2) is 80.2 Å². The van der Waals surface area contributed by atoms with Crippen molar-refractivity contribution in [2.75, 3.05) is 37.7 Å². The molecule has 8 nitrogen and oxygen atoms in total. The molecule has 0 saturated carbocycles. The smallest absolute Gasteiger partial charge is 0.319 e. The quantitative estimate of drug-likeness (QED) is 0.274. The van der Waals surface area contributed by atoms with Gasteiger partial charge in [0, 0.05) is 43.2 Å². The standard InChI is InChI=1S/C31H31BrF3N5O3/c1-30(42)6-2-8-39(15-30)28-21-13-36-26(20-11-19(41)10-17-4-5-22(34)24(32)23(17)20)25(35)27(21)37-29(38-28)43-16-31-7-3-9-40(31)14-18(33)12-31/h4-5,10-11,13,18,41-42H,2-3,6-9,12,14-16H2,1H3/t18-,30-,31+/m1/s1. The Labute approximate surface area is 254 Å². The lowest BCUT2D eigenvalue weighted by molar-refractivity contribution is 0.0447. The van der Waals surface area contributed by atoms with Gasteiger partial charge in [-0.15, -0.1) is 0 Å². The number of hydrogen-bond donors (Lipinski definition) is 2. The molecule has 4 aromatic rings. The lowest BCUT2D eigenvalue weighted by Crippen LogP contribution is -2.46. The van der Waals surface area contributed by atoms with Crippen LogP contribution in [0.25, 0.3) is 32.9 Å². The first-order valence-corrected chi connectivity index (χ1v) is 15.3. The van der Waals surface area contributed by atoms with Gasteiger partial charge in [0.2, 0.25) is 0 Å². The number of piperidine rings is 1. The van der Waals surface area contributed by atoms with Crippen molar-refractivity contribution >= 4 is 43.4 Å². The summed E-state index contributed by atoms with van der Waals surface area (Å²) in [4.78, 5) is 17.6. The Hall–Kier alpha value is -3.22. The maximum Gasteiger partial charge on any atom is 0.319 e. The van der Waals surface area contributed by atoms with Crippen LogP contribution < -0.4 is 9.64 Å². The van der Waals surface area contributed by atoms with E-state index < -0.39 is 28.9 Å². The van der Waals surface area contributed by atoms with Crippen LogP contribution in [0, 0.1) is 11.6 Å². The van der Waals surface area contributed by atoms with Crippen LogP contribution in [0.1, 0.15) is 39.0 Å². The van der Waals surface area contributed by atoms with Crippen LogP contribution in [0.15, 0.2) is 34.9 Å². The SMILES string of the molecule is C[C@@]1(O)CCCN(c2nc(OC[C@@]34CCCN3C[C@H](F)C4)nc3c(F)c(-c4cc(O)cc5ccc(F)c(Br)c45)ncc23)C1. The van der Waals surface area contributed by atoms with Crippen LogP contribution >= 0.6 is 15.9 Å². The highest BCUT2D eigenvalue weighted by molar-refractivity contribution is 9.10. The predicted octanol–water partition coefficient (Wildman–Crippen LogP) is 5.90. The highest BCUT2D eigenvalue weighted by Gasteiger charge is 2.49. The number of nitrogens with zero attached hydrogens (tertiary/aromatic N) is 5.